The first-order valence-electron chi connectivity index (χ1n) is 11.6. The van der Waals surface area contributed by atoms with Gasteiger partial charge in [-0.25, -0.2) is 4.79 Å². The Labute approximate surface area is 185 Å². The summed E-state index contributed by atoms with van der Waals surface area (Å²) >= 11 is 1.82. The van der Waals surface area contributed by atoms with E-state index in [9.17, 15) is 4.79 Å². The van der Waals surface area contributed by atoms with Crippen LogP contribution in [0.3, 0.4) is 0 Å². The highest BCUT2D eigenvalue weighted by molar-refractivity contribution is 7.17. The second-order valence-electron chi connectivity index (χ2n) is 8.47. The molecule has 1 aliphatic rings. The maximum atomic E-state index is 12.1. The zero-order chi connectivity index (χ0) is 21.3. The average Bonchev–Trinajstić information content (AvgIpc) is 3.17. The molecular formula is C25H37N3OS. The van der Waals surface area contributed by atoms with Gasteiger partial charge in [0.25, 0.3) is 0 Å². The monoisotopic (exact) mass is 427 g/mol. The molecular weight excluding hydrogens is 390 g/mol. The fourth-order valence-electron chi connectivity index (χ4n) is 4.50. The number of piperidine rings is 1. The number of carbonyl (C=O) groups excluding carboxylic acids is 1. The summed E-state index contributed by atoms with van der Waals surface area (Å²) in [6.45, 7) is 10.3. The molecule has 2 amide bonds. The van der Waals surface area contributed by atoms with E-state index in [1.165, 1.54) is 67.4 Å². The van der Waals surface area contributed by atoms with Crippen LogP contribution < -0.4 is 10.6 Å². The molecule has 4 nitrogen and oxygen atoms in total. The van der Waals surface area contributed by atoms with Gasteiger partial charge in [0.05, 0.1) is 0 Å². The number of amides is 2. The number of primary amides is 1. The normalized spacial score (nSPS) is 15.5. The van der Waals surface area contributed by atoms with Gasteiger partial charge in [0.15, 0.2) is 0 Å². The molecule has 2 heterocycles. The second kappa shape index (κ2) is 11.5. The molecule has 1 aromatic carbocycles. The molecule has 0 bridgehead atoms. The quantitative estimate of drug-likeness (QED) is 0.328. The third kappa shape index (κ3) is 5.86. The van der Waals surface area contributed by atoms with Crippen molar-refractivity contribution in [3.63, 3.8) is 0 Å². The summed E-state index contributed by atoms with van der Waals surface area (Å²) in [5.74, 6) is 0.617. The highest BCUT2D eigenvalue weighted by atomic mass is 32.1. The number of nitrogens with zero attached hydrogens (tertiary/aromatic N) is 2. The van der Waals surface area contributed by atoms with Gasteiger partial charge in [-0.05, 0) is 98.6 Å². The van der Waals surface area contributed by atoms with Crippen LogP contribution in [0.5, 0.6) is 0 Å². The van der Waals surface area contributed by atoms with Gasteiger partial charge >= 0.3 is 6.03 Å². The number of unbranched alkanes of at least 4 members (excludes halogenated alkanes) is 4. The number of allylic oxidation sites excluding steroid dienone is 1. The first-order chi connectivity index (χ1) is 14.6. The van der Waals surface area contributed by atoms with Crippen LogP contribution in [0.1, 0.15) is 69.8 Å². The molecule has 1 aromatic heterocycles. The first-order valence-corrected chi connectivity index (χ1v) is 12.4. The van der Waals surface area contributed by atoms with Gasteiger partial charge in [0, 0.05) is 16.9 Å². The predicted molar refractivity (Wildman–Crippen MR) is 131 cm³/mol. The summed E-state index contributed by atoms with van der Waals surface area (Å²) in [6.07, 6.45) is 11.2. The minimum atomic E-state index is -0.370. The van der Waals surface area contributed by atoms with E-state index in [1.54, 1.807) is 4.90 Å². The van der Waals surface area contributed by atoms with E-state index in [1.807, 2.05) is 23.5 Å². The molecule has 0 aliphatic carbocycles. The maximum Gasteiger partial charge on any atom is 0.319 e. The number of urea groups is 1. The zero-order valence-electron chi connectivity index (χ0n) is 18.4. The summed E-state index contributed by atoms with van der Waals surface area (Å²) in [6, 6.07) is 6.01. The van der Waals surface area contributed by atoms with Crippen LogP contribution in [0.15, 0.2) is 36.2 Å². The Morgan fingerprint density at radius 3 is 2.77 bits per heavy atom. The van der Waals surface area contributed by atoms with Crippen molar-refractivity contribution in [2.45, 2.75) is 64.2 Å². The van der Waals surface area contributed by atoms with Crippen molar-refractivity contribution in [1.29, 1.82) is 0 Å². The van der Waals surface area contributed by atoms with E-state index >= 15 is 0 Å². The molecule has 0 unspecified atom stereocenters. The molecule has 5 heteroatoms. The number of fused-ring (bicyclic) bond motifs is 1. The van der Waals surface area contributed by atoms with Crippen LogP contribution in [-0.2, 0) is 0 Å². The summed E-state index contributed by atoms with van der Waals surface area (Å²) < 4.78 is 1.30. The first kappa shape index (κ1) is 22.8. The third-order valence-corrected chi connectivity index (χ3v) is 7.29. The number of carbonyl (C=O) groups is 1. The van der Waals surface area contributed by atoms with Gasteiger partial charge in [0.2, 0.25) is 0 Å². The molecule has 0 spiro atoms. The van der Waals surface area contributed by atoms with Crippen LogP contribution in [0.2, 0.25) is 0 Å². The molecule has 164 valence electrons. The Morgan fingerprint density at radius 1 is 1.27 bits per heavy atom. The summed E-state index contributed by atoms with van der Waals surface area (Å²) in [5, 5.41) is 3.64. The van der Waals surface area contributed by atoms with Gasteiger partial charge in [-0.15, -0.1) is 17.9 Å². The van der Waals surface area contributed by atoms with Crippen LogP contribution in [0.4, 0.5) is 10.5 Å². The average molecular weight is 428 g/mol. The lowest BCUT2D eigenvalue weighted by Gasteiger charge is -2.32. The number of anilines is 1. The van der Waals surface area contributed by atoms with Gasteiger partial charge < -0.3 is 10.6 Å². The van der Waals surface area contributed by atoms with Gasteiger partial charge in [-0.1, -0.05) is 25.8 Å². The van der Waals surface area contributed by atoms with Crippen LogP contribution in [0, 0.1) is 0 Å². The minimum Gasteiger partial charge on any atom is -0.351 e. The third-order valence-electron chi connectivity index (χ3n) is 6.31. The van der Waals surface area contributed by atoms with Crippen molar-refractivity contribution in [3.05, 3.63) is 41.8 Å². The zero-order valence-corrected chi connectivity index (χ0v) is 19.3. The Hall–Kier alpha value is -1.85. The Bertz CT molecular complexity index is 823. The lowest BCUT2D eigenvalue weighted by Crippen LogP contribution is -2.36. The summed E-state index contributed by atoms with van der Waals surface area (Å²) in [5.41, 5.74) is 8.09. The standard InChI is InChI=1S/C25H37N3OS/c1-3-5-7-9-15-28(25(26)29)21-10-11-24-22(18-21)23(19-30-24)20-12-16-27(17-13-20)14-8-6-4-2/h3,10-11,18-20H,1,4-9,12-17H2,2H3,(H2,26,29). The van der Waals surface area contributed by atoms with Crippen molar-refractivity contribution in [2.24, 2.45) is 5.73 Å². The van der Waals surface area contributed by atoms with Crippen molar-refractivity contribution >= 4 is 33.1 Å². The van der Waals surface area contributed by atoms with E-state index in [4.69, 9.17) is 5.73 Å². The second-order valence-corrected chi connectivity index (χ2v) is 9.38. The maximum absolute atomic E-state index is 12.1. The van der Waals surface area contributed by atoms with E-state index in [-0.39, 0.29) is 6.03 Å². The smallest absolute Gasteiger partial charge is 0.319 e. The molecule has 30 heavy (non-hydrogen) atoms. The lowest BCUT2D eigenvalue weighted by molar-refractivity contribution is 0.209. The highest BCUT2D eigenvalue weighted by Gasteiger charge is 2.23. The van der Waals surface area contributed by atoms with Crippen molar-refractivity contribution in [1.82, 2.24) is 4.90 Å². The molecule has 2 N–H and O–H groups in total. The Balaban J connectivity index is 1.70. The molecule has 1 fully saturated rings. The number of rotatable bonds is 11. The van der Waals surface area contributed by atoms with Crippen molar-refractivity contribution in [3.8, 4) is 0 Å². The molecule has 1 saturated heterocycles. The number of benzene rings is 1. The SMILES string of the molecule is C=CCCCCN(C(N)=O)c1ccc2scc(C3CCN(CCCCC)CC3)c2c1. The molecule has 0 radical (unpaired) electrons. The highest BCUT2D eigenvalue weighted by Crippen LogP contribution is 2.38. The predicted octanol–water partition coefficient (Wildman–Crippen LogP) is 6.51. The molecule has 0 atom stereocenters. The van der Waals surface area contributed by atoms with Gasteiger partial charge in [-0.3, -0.25) is 4.90 Å². The van der Waals surface area contributed by atoms with E-state index < -0.39 is 0 Å². The number of thiophene rings is 1. The van der Waals surface area contributed by atoms with Gasteiger partial charge in [0.1, 0.15) is 0 Å². The summed E-state index contributed by atoms with van der Waals surface area (Å²) in [4.78, 5) is 16.4. The van der Waals surface area contributed by atoms with Crippen LogP contribution >= 0.6 is 11.3 Å². The van der Waals surface area contributed by atoms with Crippen molar-refractivity contribution < 1.29 is 4.79 Å². The number of nitrogens with two attached hydrogens (primary N) is 1. The Kier molecular flexibility index (Phi) is 8.76. The van der Waals surface area contributed by atoms with E-state index in [0.29, 0.717) is 12.5 Å². The minimum absolute atomic E-state index is 0.370. The van der Waals surface area contributed by atoms with Gasteiger partial charge in [-0.2, -0.15) is 0 Å². The molecule has 2 aromatic rings. The topological polar surface area (TPSA) is 49.6 Å². The molecule has 3 rings (SSSR count). The number of hydrogen-bond donors (Lipinski definition) is 1. The fourth-order valence-corrected chi connectivity index (χ4v) is 5.52. The number of likely N-dealkylation sites (tertiary alicyclic amines) is 1. The van der Waals surface area contributed by atoms with Crippen LogP contribution in [-0.4, -0.2) is 37.1 Å². The fraction of sp³-hybridized carbons (Fsp3) is 0.560. The molecule has 0 saturated carbocycles. The largest absolute Gasteiger partial charge is 0.351 e. The molecule has 1 aliphatic heterocycles. The van der Waals surface area contributed by atoms with Crippen molar-refractivity contribution in [2.75, 3.05) is 31.1 Å². The van der Waals surface area contributed by atoms with E-state index in [0.717, 1.165) is 24.9 Å². The lowest BCUT2D eigenvalue weighted by atomic mass is 9.89. The van der Waals surface area contributed by atoms with E-state index in [2.05, 4.69) is 35.9 Å². The Morgan fingerprint density at radius 2 is 2.07 bits per heavy atom. The van der Waals surface area contributed by atoms with Crippen LogP contribution in [0.25, 0.3) is 10.1 Å². The summed E-state index contributed by atoms with van der Waals surface area (Å²) in [7, 11) is 0. The number of hydrogen-bond acceptors (Lipinski definition) is 3.